The molecule has 1 aliphatic heterocycles. The molecule has 12 heteroatoms. The van der Waals surface area contributed by atoms with Crippen molar-refractivity contribution in [2.75, 3.05) is 18.9 Å². The summed E-state index contributed by atoms with van der Waals surface area (Å²) in [6, 6.07) is 9.42. The quantitative estimate of drug-likeness (QED) is 0.358. The topological polar surface area (TPSA) is 96.3 Å². The molecule has 8 nitrogen and oxygen atoms in total. The van der Waals surface area contributed by atoms with Crippen LogP contribution in [0.2, 0.25) is 0 Å². The normalized spacial score (nSPS) is 14.7. The second kappa shape index (κ2) is 11.9. The van der Waals surface area contributed by atoms with E-state index in [1.54, 1.807) is 31.2 Å². The molecular weight excluding hydrogens is 603 g/mol. The number of allylic oxidation sites excluding steroid dienone is 1. The molecule has 2 aromatic carbocycles. The van der Waals surface area contributed by atoms with Crippen LogP contribution < -0.4 is 16.2 Å². The predicted molar refractivity (Wildman–Crippen MR) is 153 cm³/mol. The van der Waals surface area contributed by atoms with Crippen LogP contribution in [-0.2, 0) is 19.1 Å². The van der Waals surface area contributed by atoms with Crippen molar-refractivity contribution in [3.05, 3.63) is 96.9 Å². The number of nitrogens with one attached hydrogen (secondary N) is 2. The highest BCUT2D eigenvalue weighted by Crippen LogP contribution is 2.36. The molecule has 41 heavy (non-hydrogen) atoms. The molecule has 0 bridgehead atoms. The van der Waals surface area contributed by atoms with Gasteiger partial charge in [0.25, 0.3) is 17.4 Å². The van der Waals surface area contributed by atoms with E-state index in [-0.39, 0.29) is 40.4 Å². The number of carbonyl (C=O) groups is 2. The number of nitrogens with zero attached hydrogens (tertiary/aromatic N) is 3. The van der Waals surface area contributed by atoms with E-state index < -0.39 is 23.7 Å². The number of anilines is 1. The molecule has 1 atom stereocenters. The Bertz CT molecular complexity index is 1580. The number of alkyl halides is 3. The lowest BCUT2D eigenvalue weighted by Crippen LogP contribution is -2.46. The van der Waals surface area contributed by atoms with Crippen molar-refractivity contribution in [3.63, 3.8) is 0 Å². The van der Waals surface area contributed by atoms with Gasteiger partial charge < -0.3 is 15.5 Å². The SMILES string of the molecule is CNC(=O)c1ccc(-n2c(NCC=C(C)C)nc3c(c2=O)C[C@@H](C)N(C(=O)c2ccc(Br)c(C(F)(F)F)c2)C3)cc1. The van der Waals surface area contributed by atoms with Gasteiger partial charge in [-0.1, -0.05) is 27.6 Å². The minimum atomic E-state index is -4.63. The monoisotopic (exact) mass is 631 g/mol. The van der Waals surface area contributed by atoms with Gasteiger partial charge in [0.15, 0.2) is 0 Å². The van der Waals surface area contributed by atoms with Crippen molar-refractivity contribution >= 4 is 33.7 Å². The van der Waals surface area contributed by atoms with E-state index in [1.807, 2.05) is 19.9 Å². The zero-order chi connectivity index (χ0) is 30.1. The summed E-state index contributed by atoms with van der Waals surface area (Å²) in [6.07, 6.45) is -2.54. The lowest BCUT2D eigenvalue weighted by atomic mass is 9.98. The smallest absolute Gasteiger partial charge is 0.355 e. The summed E-state index contributed by atoms with van der Waals surface area (Å²) >= 11 is 2.91. The van der Waals surface area contributed by atoms with Gasteiger partial charge in [-0.3, -0.25) is 14.4 Å². The van der Waals surface area contributed by atoms with Gasteiger partial charge in [-0.15, -0.1) is 0 Å². The molecule has 0 radical (unpaired) electrons. The number of hydrogen-bond donors (Lipinski definition) is 2. The van der Waals surface area contributed by atoms with Crippen LogP contribution in [0.15, 0.2) is 63.4 Å². The maximum atomic E-state index is 13.8. The third-order valence-electron chi connectivity index (χ3n) is 6.78. The Labute approximate surface area is 243 Å². The van der Waals surface area contributed by atoms with Gasteiger partial charge in [0, 0.05) is 40.8 Å². The van der Waals surface area contributed by atoms with Crippen LogP contribution in [0.3, 0.4) is 0 Å². The third-order valence-corrected chi connectivity index (χ3v) is 7.47. The molecule has 0 spiro atoms. The molecule has 0 unspecified atom stereocenters. The molecule has 2 amide bonds. The second-order valence-corrected chi connectivity index (χ2v) is 10.8. The Morgan fingerprint density at radius 1 is 1.12 bits per heavy atom. The largest absolute Gasteiger partial charge is 0.417 e. The number of halogens is 4. The second-order valence-electron chi connectivity index (χ2n) is 9.97. The fraction of sp³-hybridized carbons (Fsp3) is 0.310. The summed E-state index contributed by atoms with van der Waals surface area (Å²) in [6.45, 7) is 5.94. The average Bonchev–Trinajstić information content (AvgIpc) is 2.92. The first-order valence-corrected chi connectivity index (χ1v) is 13.6. The van der Waals surface area contributed by atoms with Crippen LogP contribution in [0, 0.1) is 0 Å². The molecule has 3 aromatic rings. The summed E-state index contributed by atoms with van der Waals surface area (Å²) in [5.74, 6) is -0.610. The van der Waals surface area contributed by atoms with Gasteiger partial charge in [0.2, 0.25) is 5.95 Å². The van der Waals surface area contributed by atoms with Crippen LogP contribution in [0.4, 0.5) is 19.1 Å². The molecule has 1 aliphatic rings. The first-order valence-electron chi connectivity index (χ1n) is 12.8. The lowest BCUT2D eigenvalue weighted by molar-refractivity contribution is -0.138. The van der Waals surface area contributed by atoms with Crippen molar-refractivity contribution in [2.24, 2.45) is 0 Å². The Morgan fingerprint density at radius 3 is 2.39 bits per heavy atom. The molecule has 2 N–H and O–H groups in total. The molecule has 0 saturated heterocycles. The highest BCUT2D eigenvalue weighted by molar-refractivity contribution is 9.10. The maximum Gasteiger partial charge on any atom is 0.417 e. The third kappa shape index (κ3) is 6.37. The summed E-state index contributed by atoms with van der Waals surface area (Å²) < 4.78 is 41.7. The highest BCUT2D eigenvalue weighted by Gasteiger charge is 2.36. The molecule has 0 saturated carbocycles. The minimum Gasteiger partial charge on any atom is -0.355 e. The zero-order valence-corrected chi connectivity index (χ0v) is 24.5. The first kappa shape index (κ1) is 30.0. The number of aromatic nitrogens is 2. The Hall–Kier alpha value is -3.93. The van der Waals surface area contributed by atoms with Gasteiger partial charge in [-0.2, -0.15) is 13.2 Å². The van der Waals surface area contributed by atoms with Crippen LogP contribution >= 0.6 is 15.9 Å². The van der Waals surface area contributed by atoms with Crippen molar-refractivity contribution in [3.8, 4) is 5.69 Å². The fourth-order valence-corrected chi connectivity index (χ4v) is 5.05. The molecular formula is C29H29BrF3N5O3. The Kier molecular flexibility index (Phi) is 8.71. The molecule has 216 valence electrons. The van der Waals surface area contributed by atoms with E-state index >= 15 is 0 Å². The van der Waals surface area contributed by atoms with E-state index in [4.69, 9.17) is 4.98 Å². The zero-order valence-electron chi connectivity index (χ0n) is 22.9. The minimum absolute atomic E-state index is 0.0459. The van der Waals surface area contributed by atoms with Gasteiger partial charge in [0.05, 0.1) is 23.5 Å². The summed E-state index contributed by atoms with van der Waals surface area (Å²) in [5.41, 5.74) is 1.38. The van der Waals surface area contributed by atoms with E-state index in [1.165, 1.54) is 28.6 Å². The van der Waals surface area contributed by atoms with E-state index in [0.29, 0.717) is 29.1 Å². The molecule has 0 fully saturated rings. The number of benzene rings is 2. The Morgan fingerprint density at radius 2 is 1.78 bits per heavy atom. The van der Waals surface area contributed by atoms with Crippen molar-refractivity contribution in [1.29, 1.82) is 0 Å². The van der Waals surface area contributed by atoms with Crippen LogP contribution in [-0.4, -0.2) is 45.9 Å². The standard InChI is InChI=1S/C29H29BrF3N5O3/c1-16(2)11-12-35-28-36-24-15-37(26(40)19-7-10-23(30)22(14-19)29(31,32)33)17(3)13-21(24)27(41)38(28)20-8-5-18(6-9-20)25(39)34-4/h5-11,14,17H,12-13,15H2,1-4H3,(H,34,39)(H,35,36)/t17-/m1/s1. The maximum absolute atomic E-state index is 13.8. The highest BCUT2D eigenvalue weighted by atomic mass is 79.9. The average molecular weight is 632 g/mol. The van der Waals surface area contributed by atoms with E-state index in [0.717, 1.165) is 11.6 Å². The lowest BCUT2D eigenvalue weighted by Gasteiger charge is -2.34. The number of rotatable bonds is 6. The van der Waals surface area contributed by atoms with Gasteiger partial charge in [0.1, 0.15) is 0 Å². The Balaban J connectivity index is 1.75. The summed E-state index contributed by atoms with van der Waals surface area (Å²) in [5, 5.41) is 5.72. The first-order chi connectivity index (χ1) is 19.3. The number of fused-ring (bicyclic) bond motifs is 1. The summed E-state index contributed by atoms with van der Waals surface area (Å²) in [7, 11) is 1.53. The predicted octanol–water partition coefficient (Wildman–Crippen LogP) is 5.34. The number of amides is 2. The summed E-state index contributed by atoms with van der Waals surface area (Å²) in [4.78, 5) is 45.4. The van der Waals surface area contributed by atoms with E-state index in [2.05, 4.69) is 26.6 Å². The number of hydrogen-bond acceptors (Lipinski definition) is 5. The van der Waals surface area contributed by atoms with Crippen molar-refractivity contribution in [2.45, 2.75) is 46.0 Å². The van der Waals surface area contributed by atoms with Crippen LogP contribution in [0.25, 0.3) is 5.69 Å². The molecule has 4 rings (SSSR count). The van der Waals surface area contributed by atoms with Crippen molar-refractivity contribution in [1.82, 2.24) is 19.8 Å². The number of carbonyl (C=O) groups excluding carboxylic acids is 2. The van der Waals surface area contributed by atoms with Crippen LogP contribution in [0.1, 0.15) is 58.3 Å². The fourth-order valence-electron chi connectivity index (χ4n) is 4.58. The van der Waals surface area contributed by atoms with Gasteiger partial charge in [-0.25, -0.2) is 9.55 Å². The molecule has 2 heterocycles. The molecule has 0 aliphatic carbocycles. The molecule has 1 aromatic heterocycles. The van der Waals surface area contributed by atoms with Gasteiger partial charge in [-0.05, 0) is 69.7 Å². The van der Waals surface area contributed by atoms with E-state index in [9.17, 15) is 27.6 Å². The van der Waals surface area contributed by atoms with Crippen molar-refractivity contribution < 1.29 is 22.8 Å². The van der Waals surface area contributed by atoms with Crippen LogP contribution in [0.5, 0.6) is 0 Å². The van der Waals surface area contributed by atoms with Gasteiger partial charge >= 0.3 is 6.18 Å².